The van der Waals surface area contributed by atoms with E-state index in [9.17, 15) is 14.4 Å². The predicted molar refractivity (Wildman–Crippen MR) is 85.2 cm³/mol. The molecule has 0 radical (unpaired) electrons. The van der Waals surface area contributed by atoms with Gasteiger partial charge in [-0.2, -0.15) is 0 Å². The molecule has 7 heteroatoms. The van der Waals surface area contributed by atoms with Crippen molar-refractivity contribution in [3.05, 3.63) is 34.9 Å². The van der Waals surface area contributed by atoms with E-state index in [1.807, 2.05) is 0 Å². The molecular weight excluding hydrogens is 322 g/mol. The molecule has 6 nitrogen and oxygen atoms in total. The molecule has 0 unspecified atom stereocenters. The number of carbonyl (C=O) groups excluding carboxylic acids is 3. The van der Waals surface area contributed by atoms with Gasteiger partial charge in [-0.25, -0.2) is 4.79 Å². The van der Waals surface area contributed by atoms with Crippen LogP contribution in [0.2, 0.25) is 5.02 Å². The molecule has 0 heterocycles. The number of nitrogens with one attached hydrogen (secondary N) is 1. The molecule has 1 rings (SSSR count). The average Bonchev–Trinajstić information content (AvgIpc) is 2.49. The molecule has 1 aromatic rings. The summed E-state index contributed by atoms with van der Waals surface area (Å²) in [5, 5.41) is 3.24. The molecule has 1 N–H and O–H groups in total. The summed E-state index contributed by atoms with van der Waals surface area (Å²) in [6, 6.07) is 6.49. The lowest BCUT2D eigenvalue weighted by atomic mass is 10.2. The molecule has 0 spiro atoms. The second-order valence-corrected chi connectivity index (χ2v) is 5.50. The highest BCUT2D eigenvalue weighted by atomic mass is 35.5. The number of esters is 2. The second kappa shape index (κ2) is 9.84. The Labute approximate surface area is 140 Å². The fraction of sp³-hybridized carbons (Fsp3) is 0.438. The van der Waals surface area contributed by atoms with E-state index in [1.165, 1.54) is 0 Å². The van der Waals surface area contributed by atoms with Crippen LogP contribution in [0.4, 0.5) is 0 Å². The van der Waals surface area contributed by atoms with Gasteiger partial charge in [0, 0.05) is 23.6 Å². The summed E-state index contributed by atoms with van der Waals surface area (Å²) in [6.07, 6.45) is 0.275. The Balaban J connectivity index is 2.16. The van der Waals surface area contributed by atoms with Gasteiger partial charge in [0.2, 0.25) is 0 Å². The lowest BCUT2D eigenvalue weighted by Gasteiger charge is -2.08. The van der Waals surface area contributed by atoms with E-state index < -0.39 is 18.5 Å². The minimum atomic E-state index is -0.579. The third-order valence-corrected chi connectivity index (χ3v) is 2.92. The number of rotatable bonds is 8. The van der Waals surface area contributed by atoms with Crippen LogP contribution in [0, 0.1) is 0 Å². The van der Waals surface area contributed by atoms with E-state index in [2.05, 4.69) is 5.32 Å². The van der Waals surface area contributed by atoms with Crippen LogP contribution in [0.15, 0.2) is 24.3 Å². The zero-order chi connectivity index (χ0) is 17.2. The Hall–Kier alpha value is -2.08. The van der Waals surface area contributed by atoms with Crippen LogP contribution in [0.25, 0.3) is 0 Å². The van der Waals surface area contributed by atoms with Crippen molar-refractivity contribution in [2.24, 2.45) is 0 Å². The Bertz CT molecular complexity index is 542. The first-order valence-electron chi connectivity index (χ1n) is 7.27. The van der Waals surface area contributed by atoms with Crippen molar-refractivity contribution in [1.82, 2.24) is 5.32 Å². The van der Waals surface area contributed by atoms with Crippen molar-refractivity contribution in [2.45, 2.75) is 32.8 Å². The summed E-state index contributed by atoms with van der Waals surface area (Å²) < 4.78 is 9.60. The predicted octanol–water partition coefficient (Wildman–Crippen LogP) is 2.34. The van der Waals surface area contributed by atoms with E-state index in [1.54, 1.807) is 38.1 Å². The van der Waals surface area contributed by atoms with Gasteiger partial charge in [0.05, 0.1) is 6.10 Å². The van der Waals surface area contributed by atoms with E-state index in [0.29, 0.717) is 23.6 Å². The maximum atomic E-state index is 11.8. The number of benzene rings is 1. The van der Waals surface area contributed by atoms with Gasteiger partial charge < -0.3 is 14.8 Å². The summed E-state index contributed by atoms with van der Waals surface area (Å²) in [5.41, 5.74) is 0.494. The average molecular weight is 342 g/mol. The largest absolute Gasteiger partial charge is 0.460 e. The summed E-state index contributed by atoms with van der Waals surface area (Å²) in [6.45, 7) is 3.35. The molecule has 23 heavy (non-hydrogen) atoms. The molecule has 0 aliphatic heterocycles. The van der Waals surface area contributed by atoms with Gasteiger partial charge in [-0.05, 0) is 44.5 Å². The van der Waals surface area contributed by atoms with Gasteiger partial charge in [0.1, 0.15) is 0 Å². The van der Waals surface area contributed by atoms with Crippen LogP contribution >= 0.6 is 11.6 Å². The number of ether oxygens (including phenoxy) is 2. The maximum absolute atomic E-state index is 11.8. The Morgan fingerprint density at radius 2 is 1.78 bits per heavy atom. The van der Waals surface area contributed by atoms with Crippen LogP contribution in [0.5, 0.6) is 0 Å². The molecule has 0 fully saturated rings. The molecule has 0 saturated carbocycles. The summed E-state index contributed by atoms with van der Waals surface area (Å²) in [7, 11) is 0. The molecule has 0 aromatic heterocycles. The van der Waals surface area contributed by atoms with E-state index >= 15 is 0 Å². The Morgan fingerprint density at radius 3 is 2.39 bits per heavy atom. The van der Waals surface area contributed by atoms with Gasteiger partial charge in [0.15, 0.2) is 6.61 Å². The first kappa shape index (κ1) is 19.0. The zero-order valence-corrected chi connectivity index (χ0v) is 13.9. The first-order valence-corrected chi connectivity index (χ1v) is 7.65. The number of carbonyl (C=O) groups is 3. The first-order chi connectivity index (χ1) is 10.9. The van der Waals surface area contributed by atoms with E-state index in [-0.39, 0.29) is 18.4 Å². The molecule has 126 valence electrons. The minimum absolute atomic E-state index is 0.107. The lowest BCUT2D eigenvalue weighted by molar-refractivity contribution is -0.161. The normalized spacial score (nSPS) is 10.3. The van der Waals surface area contributed by atoms with Crippen molar-refractivity contribution in [3.63, 3.8) is 0 Å². The van der Waals surface area contributed by atoms with Crippen LogP contribution in [0.3, 0.4) is 0 Å². The van der Waals surface area contributed by atoms with Crippen molar-refractivity contribution >= 4 is 29.4 Å². The highest BCUT2D eigenvalue weighted by Crippen LogP contribution is 2.09. The fourth-order valence-corrected chi connectivity index (χ4v) is 1.77. The van der Waals surface area contributed by atoms with Crippen LogP contribution < -0.4 is 5.32 Å². The van der Waals surface area contributed by atoms with Crippen molar-refractivity contribution in [2.75, 3.05) is 13.2 Å². The third kappa shape index (κ3) is 8.21. The molecule has 1 amide bonds. The summed E-state index contributed by atoms with van der Waals surface area (Å²) in [5.74, 6) is -1.33. The number of halogens is 1. The van der Waals surface area contributed by atoms with Crippen LogP contribution in [0.1, 0.15) is 37.0 Å². The fourth-order valence-electron chi connectivity index (χ4n) is 1.65. The van der Waals surface area contributed by atoms with E-state index in [4.69, 9.17) is 21.1 Å². The molecule has 0 saturated heterocycles. The highest BCUT2D eigenvalue weighted by molar-refractivity contribution is 6.30. The maximum Gasteiger partial charge on any atom is 0.344 e. The van der Waals surface area contributed by atoms with Gasteiger partial charge in [-0.1, -0.05) is 11.6 Å². The van der Waals surface area contributed by atoms with Crippen molar-refractivity contribution < 1.29 is 23.9 Å². The molecule has 1 aromatic carbocycles. The SMILES string of the molecule is CC(C)OC(=O)COC(=O)CCCNC(=O)c1ccc(Cl)cc1. The molecule has 0 aliphatic rings. The quantitative estimate of drug-likeness (QED) is 0.579. The van der Waals surface area contributed by atoms with Gasteiger partial charge in [-0.15, -0.1) is 0 Å². The van der Waals surface area contributed by atoms with E-state index in [0.717, 1.165) is 0 Å². The molecule has 0 bridgehead atoms. The van der Waals surface area contributed by atoms with Crippen molar-refractivity contribution in [3.8, 4) is 0 Å². The monoisotopic (exact) mass is 341 g/mol. The smallest absolute Gasteiger partial charge is 0.344 e. The number of hydrogen-bond acceptors (Lipinski definition) is 5. The number of amides is 1. The van der Waals surface area contributed by atoms with Crippen molar-refractivity contribution in [1.29, 1.82) is 0 Å². The molecular formula is C16H20ClNO5. The lowest BCUT2D eigenvalue weighted by Crippen LogP contribution is -2.25. The standard InChI is InChI=1S/C16H20ClNO5/c1-11(2)23-15(20)10-22-14(19)4-3-9-18-16(21)12-5-7-13(17)8-6-12/h5-8,11H,3-4,9-10H2,1-2H3,(H,18,21). The topological polar surface area (TPSA) is 81.7 Å². The van der Waals surface area contributed by atoms with Crippen LogP contribution in [-0.4, -0.2) is 37.1 Å². The Kier molecular flexibility index (Phi) is 8.11. The highest BCUT2D eigenvalue weighted by Gasteiger charge is 2.10. The van der Waals surface area contributed by atoms with Gasteiger partial charge in [-0.3, -0.25) is 9.59 Å². The molecule has 0 atom stereocenters. The molecule has 0 aliphatic carbocycles. The number of hydrogen-bond donors (Lipinski definition) is 1. The van der Waals surface area contributed by atoms with Gasteiger partial charge in [0.25, 0.3) is 5.91 Å². The minimum Gasteiger partial charge on any atom is -0.460 e. The van der Waals surface area contributed by atoms with Crippen LogP contribution in [-0.2, 0) is 19.1 Å². The zero-order valence-electron chi connectivity index (χ0n) is 13.1. The second-order valence-electron chi connectivity index (χ2n) is 5.07. The summed E-state index contributed by atoms with van der Waals surface area (Å²) >= 11 is 5.74. The summed E-state index contributed by atoms with van der Waals surface area (Å²) in [4.78, 5) is 34.4. The Morgan fingerprint density at radius 1 is 1.13 bits per heavy atom. The third-order valence-electron chi connectivity index (χ3n) is 2.67. The van der Waals surface area contributed by atoms with Gasteiger partial charge >= 0.3 is 11.9 Å².